The van der Waals surface area contributed by atoms with Crippen molar-refractivity contribution in [2.75, 3.05) is 0 Å². The summed E-state index contributed by atoms with van der Waals surface area (Å²) in [5, 5.41) is 8.26. The molecule has 0 bridgehead atoms. The summed E-state index contributed by atoms with van der Waals surface area (Å²) >= 11 is 0. The van der Waals surface area contributed by atoms with Crippen molar-refractivity contribution in [3.05, 3.63) is 24.2 Å². The summed E-state index contributed by atoms with van der Waals surface area (Å²) in [6.07, 6.45) is 4.54. The van der Waals surface area contributed by atoms with Crippen LogP contribution in [0.25, 0.3) is 10.9 Å². The fraction of sp³-hybridized carbons (Fsp3) is 0.250. The van der Waals surface area contributed by atoms with E-state index in [4.69, 9.17) is 0 Å². The fourth-order valence-corrected chi connectivity index (χ4v) is 1.19. The summed E-state index contributed by atoms with van der Waals surface area (Å²) in [7, 11) is 0. The van der Waals surface area contributed by atoms with Gasteiger partial charge in [0.15, 0.2) is 0 Å². The van der Waals surface area contributed by atoms with Gasteiger partial charge in [0.1, 0.15) is 0 Å². The number of fused-ring (bicyclic) bond motifs is 1. The summed E-state index contributed by atoms with van der Waals surface area (Å²) in [5.41, 5.74) is 2.13. The molecule has 1 N–H and O–H groups in total. The van der Waals surface area contributed by atoms with Gasteiger partial charge in [-0.05, 0) is 12.5 Å². The topological polar surface area (TPSA) is 41.6 Å². The maximum Gasteiger partial charge on any atom is 0.0836 e. The number of nitrogens with zero attached hydrogens (tertiary/aromatic N) is 2. The summed E-state index contributed by atoms with van der Waals surface area (Å²) in [5.74, 6) is 0. The first-order valence-corrected chi connectivity index (χ1v) is 3.68. The maximum atomic E-state index is 4.15. The number of pyridine rings is 1. The Morgan fingerprint density at radius 1 is 1.55 bits per heavy atom. The highest BCUT2D eigenvalue weighted by molar-refractivity contribution is 5.79. The molecule has 0 atom stereocenters. The second-order valence-electron chi connectivity index (χ2n) is 2.45. The molecule has 0 saturated carbocycles. The van der Waals surface area contributed by atoms with Crippen molar-refractivity contribution in [1.82, 2.24) is 15.2 Å². The Bertz CT molecular complexity index is 364. The van der Waals surface area contributed by atoms with Crippen LogP contribution < -0.4 is 0 Å². The average Bonchev–Trinajstić information content (AvgIpc) is 2.47. The molecule has 0 spiro atoms. The van der Waals surface area contributed by atoms with Crippen molar-refractivity contribution in [3.63, 3.8) is 0 Å². The van der Waals surface area contributed by atoms with Crippen LogP contribution in [0.1, 0.15) is 12.6 Å². The Kier molecular flexibility index (Phi) is 1.35. The van der Waals surface area contributed by atoms with E-state index in [2.05, 4.69) is 22.1 Å². The Balaban J connectivity index is 2.76. The van der Waals surface area contributed by atoms with Gasteiger partial charge in [-0.25, -0.2) is 0 Å². The van der Waals surface area contributed by atoms with E-state index in [0.717, 1.165) is 17.6 Å². The summed E-state index contributed by atoms with van der Waals surface area (Å²) in [6.45, 7) is 2.09. The molecule has 0 amide bonds. The van der Waals surface area contributed by atoms with Crippen molar-refractivity contribution < 1.29 is 0 Å². The molecule has 0 unspecified atom stereocenters. The van der Waals surface area contributed by atoms with Gasteiger partial charge in [-0.15, -0.1) is 0 Å². The van der Waals surface area contributed by atoms with E-state index in [1.54, 1.807) is 12.4 Å². The van der Waals surface area contributed by atoms with Gasteiger partial charge in [-0.1, -0.05) is 6.92 Å². The molecule has 0 aliphatic rings. The van der Waals surface area contributed by atoms with Crippen LogP contribution in [0.5, 0.6) is 0 Å². The van der Waals surface area contributed by atoms with Crippen LogP contribution in [-0.2, 0) is 6.42 Å². The zero-order valence-electron chi connectivity index (χ0n) is 6.33. The number of aromatic nitrogens is 3. The van der Waals surface area contributed by atoms with Crippen molar-refractivity contribution >= 4 is 10.9 Å². The minimum atomic E-state index is 0.962. The predicted molar refractivity (Wildman–Crippen MR) is 43.3 cm³/mol. The van der Waals surface area contributed by atoms with Crippen LogP contribution in [0.3, 0.4) is 0 Å². The standard InChI is InChI=1S/C8H9N3/c1-2-7-6-3-4-9-5-8(6)11-10-7/h3-5H,2H2,1H3,(H,10,11). The third-order valence-corrected chi connectivity index (χ3v) is 1.78. The monoisotopic (exact) mass is 147 g/mol. The van der Waals surface area contributed by atoms with Crippen LogP contribution in [-0.4, -0.2) is 15.2 Å². The van der Waals surface area contributed by atoms with Crippen LogP contribution in [0.2, 0.25) is 0 Å². The van der Waals surface area contributed by atoms with Gasteiger partial charge in [-0.3, -0.25) is 10.1 Å². The molecule has 0 aliphatic heterocycles. The lowest BCUT2D eigenvalue weighted by atomic mass is 10.2. The SMILES string of the molecule is CCc1n[nH]c2cnccc12. The number of nitrogens with one attached hydrogen (secondary N) is 1. The molecule has 0 aromatic carbocycles. The van der Waals surface area contributed by atoms with Gasteiger partial charge in [0.25, 0.3) is 0 Å². The van der Waals surface area contributed by atoms with Crippen LogP contribution in [0.4, 0.5) is 0 Å². The van der Waals surface area contributed by atoms with Gasteiger partial charge >= 0.3 is 0 Å². The summed E-state index contributed by atoms with van der Waals surface area (Å²) < 4.78 is 0. The van der Waals surface area contributed by atoms with Gasteiger partial charge in [0.2, 0.25) is 0 Å². The highest BCUT2D eigenvalue weighted by atomic mass is 15.1. The zero-order chi connectivity index (χ0) is 7.68. The number of H-pyrrole nitrogens is 1. The van der Waals surface area contributed by atoms with E-state index in [1.165, 1.54) is 5.39 Å². The van der Waals surface area contributed by atoms with Crippen LogP contribution in [0, 0.1) is 0 Å². The quantitative estimate of drug-likeness (QED) is 0.664. The van der Waals surface area contributed by atoms with Crippen LogP contribution in [0.15, 0.2) is 18.5 Å². The Labute approximate surface area is 64.5 Å². The van der Waals surface area contributed by atoms with E-state index < -0.39 is 0 Å². The highest BCUT2D eigenvalue weighted by Gasteiger charge is 2.00. The first-order valence-electron chi connectivity index (χ1n) is 3.68. The molecule has 2 aromatic heterocycles. The maximum absolute atomic E-state index is 4.15. The number of rotatable bonds is 1. The van der Waals surface area contributed by atoms with Gasteiger partial charge in [-0.2, -0.15) is 5.10 Å². The minimum absolute atomic E-state index is 0.962. The van der Waals surface area contributed by atoms with Gasteiger partial charge in [0, 0.05) is 11.6 Å². The molecular weight excluding hydrogens is 138 g/mol. The third-order valence-electron chi connectivity index (χ3n) is 1.78. The lowest BCUT2D eigenvalue weighted by Crippen LogP contribution is -1.78. The normalized spacial score (nSPS) is 10.6. The molecule has 0 fully saturated rings. The van der Waals surface area contributed by atoms with E-state index >= 15 is 0 Å². The van der Waals surface area contributed by atoms with Gasteiger partial charge in [0.05, 0.1) is 17.4 Å². The third kappa shape index (κ3) is 0.888. The van der Waals surface area contributed by atoms with Crippen LogP contribution >= 0.6 is 0 Å². The largest absolute Gasteiger partial charge is 0.276 e. The fourth-order valence-electron chi connectivity index (χ4n) is 1.19. The van der Waals surface area contributed by atoms with E-state index in [0.29, 0.717) is 0 Å². The average molecular weight is 147 g/mol. The zero-order valence-corrected chi connectivity index (χ0v) is 6.33. The summed E-state index contributed by atoms with van der Waals surface area (Å²) in [6, 6.07) is 1.98. The Morgan fingerprint density at radius 3 is 3.27 bits per heavy atom. The molecule has 0 saturated heterocycles. The number of hydrogen-bond acceptors (Lipinski definition) is 2. The molecule has 3 nitrogen and oxygen atoms in total. The van der Waals surface area contributed by atoms with E-state index in [9.17, 15) is 0 Å². The predicted octanol–water partition coefficient (Wildman–Crippen LogP) is 1.52. The molecular formula is C8H9N3. The molecule has 0 radical (unpaired) electrons. The number of aryl methyl sites for hydroxylation is 1. The molecule has 3 heteroatoms. The lowest BCUT2D eigenvalue weighted by molar-refractivity contribution is 0.988. The van der Waals surface area contributed by atoms with Crippen molar-refractivity contribution in [2.24, 2.45) is 0 Å². The van der Waals surface area contributed by atoms with Crippen molar-refractivity contribution in [3.8, 4) is 0 Å². The smallest absolute Gasteiger partial charge is 0.0836 e. The molecule has 2 aromatic rings. The van der Waals surface area contributed by atoms with E-state index in [1.807, 2.05) is 6.07 Å². The van der Waals surface area contributed by atoms with Crippen molar-refractivity contribution in [1.29, 1.82) is 0 Å². The number of hydrogen-bond donors (Lipinski definition) is 1. The van der Waals surface area contributed by atoms with E-state index in [-0.39, 0.29) is 0 Å². The molecule has 2 rings (SSSR count). The first kappa shape index (κ1) is 6.34. The van der Waals surface area contributed by atoms with Crippen molar-refractivity contribution in [2.45, 2.75) is 13.3 Å². The summed E-state index contributed by atoms with van der Waals surface area (Å²) in [4.78, 5) is 3.99. The second kappa shape index (κ2) is 2.34. The highest BCUT2D eigenvalue weighted by Crippen LogP contribution is 2.13. The molecule has 2 heterocycles. The molecule has 11 heavy (non-hydrogen) atoms. The van der Waals surface area contributed by atoms with Gasteiger partial charge < -0.3 is 0 Å². The lowest BCUT2D eigenvalue weighted by Gasteiger charge is -1.87. The molecule has 0 aliphatic carbocycles. The Hall–Kier alpha value is -1.38. The minimum Gasteiger partial charge on any atom is -0.276 e. The molecule has 56 valence electrons. The Morgan fingerprint density at radius 2 is 2.45 bits per heavy atom. The number of aromatic amines is 1. The first-order chi connectivity index (χ1) is 5.42. The second-order valence-corrected chi connectivity index (χ2v) is 2.45.